The summed E-state index contributed by atoms with van der Waals surface area (Å²) in [5.74, 6) is -0.900. The standard InChI is InChI=1S/C22H28ClN3O5/c1-21(2,3)31-20(28)25-8-6-13(7-9-25)17-15(23)10-14(11-24-17)26-12-16-18(19(26)27)30-22(4,5)29-16/h6,10-11,16,18H,7-9,12H2,1-5H3/t16-,18-/m1/s1. The lowest BCUT2D eigenvalue weighted by molar-refractivity contribution is -0.157. The maximum Gasteiger partial charge on any atom is 0.410 e. The first-order chi connectivity index (χ1) is 14.4. The number of hydrogen-bond acceptors (Lipinski definition) is 6. The molecule has 0 N–H and O–H groups in total. The summed E-state index contributed by atoms with van der Waals surface area (Å²) < 4.78 is 17.0. The van der Waals surface area contributed by atoms with Crippen LogP contribution in [0, 0.1) is 0 Å². The van der Waals surface area contributed by atoms with Gasteiger partial charge in [0.1, 0.15) is 11.7 Å². The smallest absolute Gasteiger partial charge is 0.410 e. The van der Waals surface area contributed by atoms with Gasteiger partial charge in [-0.3, -0.25) is 9.78 Å². The zero-order valence-electron chi connectivity index (χ0n) is 18.5. The van der Waals surface area contributed by atoms with Crippen molar-refractivity contribution in [1.82, 2.24) is 9.88 Å². The Morgan fingerprint density at radius 3 is 2.65 bits per heavy atom. The Bertz CT molecular complexity index is 940. The van der Waals surface area contributed by atoms with Crippen LogP contribution in [-0.2, 0) is 19.0 Å². The van der Waals surface area contributed by atoms with Crippen molar-refractivity contribution in [3.05, 3.63) is 29.1 Å². The van der Waals surface area contributed by atoms with Crippen LogP contribution in [-0.4, -0.2) is 65.1 Å². The highest BCUT2D eigenvalue weighted by molar-refractivity contribution is 6.32. The minimum Gasteiger partial charge on any atom is -0.444 e. The minimum atomic E-state index is -0.753. The number of pyridine rings is 1. The van der Waals surface area contributed by atoms with Gasteiger partial charge in [-0.05, 0) is 52.7 Å². The van der Waals surface area contributed by atoms with Crippen LogP contribution >= 0.6 is 11.6 Å². The van der Waals surface area contributed by atoms with E-state index in [0.29, 0.717) is 42.5 Å². The molecule has 0 spiro atoms. The lowest BCUT2D eigenvalue weighted by Gasteiger charge is -2.29. The molecule has 1 aromatic heterocycles. The van der Waals surface area contributed by atoms with E-state index in [-0.39, 0.29) is 18.1 Å². The van der Waals surface area contributed by atoms with Crippen molar-refractivity contribution in [3.63, 3.8) is 0 Å². The molecule has 31 heavy (non-hydrogen) atoms. The van der Waals surface area contributed by atoms with Crippen LogP contribution in [0.2, 0.25) is 5.02 Å². The number of carbonyl (C=O) groups is 2. The number of carbonyl (C=O) groups excluding carboxylic acids is 2. The highest BCUT2D eigenvalue weighted by atomic mass is 35.5. The van der Waals surface area contributed by atoms with Gasteiger partial charge in [-0.1, -0.05) is 17.7 Å². The van der Waals surface area contributed by atoms with Crippen LogP contribution in [0.25, 0.3) is 5.57 Å². The van der Waals surface area contributed by atoms with Gasteiger partial charge in [0.15, 0.2) is 11.9 Å². The van der Waals surface area contributed by atoms with E-state index in [2.05, 4.69) is 4.98 Å². The molecule has 2 fully saturated rings. The monoisotopic (exact) mass is 449 g/mol. The van der Waals surface area contributed by atoms with Gasteiger partial charge in [0.2, 0.25) is 0 Å². The second-order valence-electron chi connectivity index (χ2n) is 9.47. The molecule has 0 aromatic carbocycles. The first-order valence-electron chi connectivity index (χ1n) is 10.4. The third-order valence-electron chi connectivity index (χ3n) is 5.36. The number of hydrogen-bond donors (Lipinski definition) is 0. The number of aromatic nitrogens is 1. The molecule has 8 nitrogen and oxygen atoms in total. The van der Waals surface area contributed by atoms with E-state index in [1.165, 1.54) is 0 Å². The Labute approximate surface area is 187 Å². The average Bonchev–Trinajstić information content (AvgIpc) is 3.13. The number of ether oxygens (including phenoxy) is 3. The Kier molecular flexibility index (Phi) is 5.52. The van der Waals surface area contributed by atoms with Crippen molar-refractivity contribution in [3.8, 4) is 0 Å². The fraction of sp³-hybridized carbons (Fsp3) is 0.591. The molecular weight excluding hydrogens is 422 g/mol. The van der Waals surface area contributed by atoms with E-state index in [1.807, 2.05) is 26.8 Å². The van der Waals surface area contributed by atoms with Gasteiger partial charge >= 0.3 is 6.09 Å². The summed E-state index contributed by atoms with van der Waals surface area (Å²) in [6.07, 6.45) is 2.97. The van der Waals surface area contributed by atoms with Crippen molar-refractivity contribution < 1.29 is 23.8 Å². The summed E-state index contributed by atoms with van der Waals surface area (Å²) in [4.78, 5) is 32.8. The van der Waals surface area contributed by atoms with Crippen LogP contribution in [0.4, 0.5) is 10.5 Å². The Morgan fingerprint density at radius 1 is 1.32 bits per heavy atom. The summed E-state index contributed by atoms with van der Waals surface area (Å²) in [5, 5.41) is 0.460. The second kappa shape index (κ2) is 7.76. The molecule has 2 amide bonds. The highest BCUT2D eigenvalue weighted by Gasteiger charge is 2.52. The quantitative estimate of drug-likeness (QED) is 0.685. The normalized spacial score (nSPS) is 25.5. The summed E-state index contributed by atoms with van der Waals surface area (Å²) in [6, 6.07) is 1.75. The Balaban J connectivity index is 1.44. The van der Waals surface area contributed by atoms with Gasteiger partial charge in [0.25, 0.3) is 5.91 Å². The molecule has 0 saturated carbocycles. The molecule has 168 valence electrons. The van der Waals surface area contributed by atoms with Gasteiger partial charge < -0.3 is 24.0 Å². The van der Waals surface area contributed by atoms with Crippen molar-refractivity contribution >= 4 is 34.9 Å². The molecular formula is C22H28ClN3O5. The van der Waals surface area contributed by atoms with Crippen molar-refractivity contribution in [2.45, 2.75) is 64.6 Å². The summed E-state index contributed by atoms with van der Waals surface area (Å²) in [7, 11) is 0. The number of anilines is 1. The van der Waals surface area contributed by atoms with Gasteiger partial charge in [-0.2, -0.15) is 0 Å². The number of nitrogens with zero attached hydrogens (tertiary/aromatic N) is 3. The Morgan fingerprint density at radius 2 is 2.06 bits per heavy atom. The topological polar surface area (TPSA) is 81.2 Å². The van der Waals surface area contributed by atoms with Gasteiger partial charge in [-0.25, -0.2) is 4.79 Å². The largest absolute Gasteiger partial charge is 0.444 e. The molecule has 3 aliphatic heterocycles. The molecule has 0 aliphatic carbocycles. The third kappa shape index (κ3) is 4.56. The van der Waals surface area contributed by atoms with Crippen LogP contribution < -0.4 is 4.90 Å². The Hall–Kier alpha value is -2.16. The maximum atomic E-state index is 12.8. The summed E-state index contributed by atoms with van der Waals surface area (Å²) in [6.45, 7) is 10.5. The third-order valence-corrected chi connectivity index (χ3v) is 5.65. The number of halogens is 1. The zero-order valence-corrected chi connectivity index (χ0v) is 19.2. The number of amides is 2. The summed E-state index contributed by atoms with van der Waals surface area (Å²) >= 11 is 6.53. The first-order valence-corrected chi connectivity index (χ1v) is 10.8. The predicted octanol–water partition coefficient (Wildman–Crippen LogP) is 3.63. The fourth-order valence-electron chi connectivity index (χ4n) is 4.02. The van der Waals surface area contributed by atoms with E-state index in [1.54, 1.807) is 35.9 Å². The highest BCUT2D eigenvalue weighted by Crippen LogP contribution is 2.37. The number of rotatable bonds is 2. The zero-order chi connectivity index (χ0) is 22.6. The lowest BCUT2D eigenvalue weighted by Crippen LogP contribution is -2.39. The van der Waals surface area contributed by atoms with Crippen molar-refractivity contribution in [2.24, 2.45) is 0 Å². The first kappa shape index (κ1) is 22.0. The molecule has 2 saturated heterocycles. The molecule has 9 heteroatoms. The molecule has 0 unspecified atom stereocenters. The fourth-order valence-corrected chi connectivity index (χ4v) is 4.30. The van der Waals surface area contributed by atoms with Crippen molar-refractivity contribution in [1.29, 1.82) is 0 Å². The van der Waals surface area contributed by atoms with Gasteiger partial charge in [0, 0.05) is 13.1 Å². The SMILES string of the molecule is CC(C)(C)OC(=O)N1CC=C(c2ncc(N3C[C@H]4OC(C)(C)O[C@H]4C3=O)cc2Cl)CC1. The average molecular weight is 450 g/mol. The van der Waals surface area contributed by atoms with Crippen molar-refractivity contribution in [2.75, 3.05) is 24.5 Å². The predicted molar refractivity (Wildman–Crippen MR) is 116 cm³/mol. The van der Waals surface area contributed by atoms with E-state index in [9.17, 15) is 9.59 Å². The van der Waals surface area contributed by atoms with E-state index in [0.717, 1.165) is 5.57 Å². The van der Waals surface area contributed by atoms with E-state index < -0.39 is 17.5 Å². The molecule has 4 heterocycles. The van der Waals surface area contributed by atoms with Gasteiger partial charge in [-0.15, -0.1) is 0 Å². The van der Waals surface area contributed by atoms with E-state index in [4.69, 9.17) is 25.8 Å². The molecule has 4 rings (SSSR count). The van der Waals surface area contributed by atoms with Gasteiger partial charge in [0.05, 0.1) is 29.1 Å². The van der Waals surface area contributed by atoms with Crippen LogP contribution in [0.15, 0.2) is 18.3 Å². The second-order valence-corrected chi connectivity index (χ2v) is 9.88. The molecule has 2 atom stereocenters. The molecule has 0 radical (unpaired) electrons. The molecule has 3 aliphatic rings. The van der Waals surface area contributed by atoms with Crippen LogP contribution in [0.3, 0.4) is 0 Å². The van der Waals surface area contributed by atoms with Crippen LogP contribution in [0.5, 0.6) is 0 Å². The molecule has 1 aromatic rings. The maximum absolute atomic E-state index is 12.8. The lowest BCUT2D eigenvalue weighted by atomic mass is 10.0. The van der Waals surface area contributed by atoms with E-state index >= 15 is 0 Å². The van der Waals surface area contributed by atoms with Crippen LogP contribution in [0.1, 0.15) is 46.7 Å². The minimum absolute atomic E-state index is 0.147. The molecule has 0 bridgehead atoms. The number of fused-ring (bicyclic) bond motifs is 1. The summed E-state index contributed by atoms with van der Waals surface area (Å²) in [5.41, 5.74) is 1.72.